The maximum atomic E-state index is 12.1. The third-order valence-electron chi connectivity index (χ3n) is 3.22. The molecule has 1 rings (SSSR count). The van der Waals surface area contributed by atoms with Gasteiger partial charge in [0, 0.05) is 0 Å². The van der Waals surface area contributed by atoms with Gasteiger partial charge in [0.05, 0.1) is 0 Å². The molecule has 0 aliphatic carbocycles. The molecule has 1 aliphatic heterocycles. The molecule has 1 N–H and O–H groups in total. The summed E-state index contributed by atoms with van der Waals surface area (Å²) in [6.07, 6.45) is 1.77. The van der Waals surface area contributed by atoms with Crippen LogP contribution in [0.1, 0.15) is 0 Å². The lowest BCUT2D eigenvalue weighted by Gasteiger charge is -2.48. The summed E-state index contributed by atoms with van der Waals surface area (Å²) in [6.45, 7) is 9.60. The Labute approximate surface area is 138 Å². The Hall–Kier alpha value is -2.55. The fourth-order valence-corrected chi connectivity index (χ4v) is 2.44. The summed E-state index contributed by atoms with van der Waals surface area (Å²) < 4.78 is 0. The second kappa shape index (κ2) is 7.63. The smallest absolute Gasteiger partial charge is 0.320 e. The van der Waals surface area contributed by atoms with Crippen LogP contribution in [0, 0.1) is 0 Å². The van der Waals surface area contributed by atoms with Crippen molar-refractivity contribution >= 4 is 36.3 Å². The molecule has 1 saturated heterocycles. The van der Waals surface area contributed by atoms with E-state index in [0.717, 1.165) is 32.9 Å². The van der Waals surface area contributed by atoms with Crippen molar-refractivity contribution in [2.45, 2.75) is 11.4 Å². The summed E-state index contributed by atoms with van der Waals surface area (Å²) in [5.41, 5.74) is 0. The molecule has 8 nitrogen and oxygen atoms in total. The molecule has 3 amide bonds. The minimum Gasteiger partial charge on any atom is -0.480 e. The van der Waals surface area contributed by atoms with Gasteiger partial charge in [-0.05, 0) is 18.2 Å². The minimum absolute atomic E-state index is 0.217. The average Bonchev–Trinajstić information content (AvgIpc) is 2.57. The van der Waals surface area contributed by atoms with E-state index in [-0.39, 0.29) is 13.3 Å². The number of nitrogens with zero attached hydrogens (tertiary/aromatic N) is 3. The second-order valence-corrected chi connectivity index (χ2v) is 5.14. The molecule has 0 aromatic carbocycles. The van der Waals surface area contributed by atoms with Gasteiger partial charge in [-0.15, -0.1) is 0 Å². The normalized spacial score (nSPS) is 16.5. The molecule has 1 aliphatic rings. The average molecular weight is 339 g/mol. The standard InChI is InChI=1S/C14H17N3O5S/c1-4-9(18)15-7-16(10(19)5-2)13(12(23)14(21)22)17(8-15)11(20)6-3/h4-6,12-13,23H,1-3,7-8H2,(H,21,22). The molecule has 23 heavy (non-hydrogen) atoms. The lowest BCUT2D eigenvalue weighted by Crippen LogP contribution is -2.68. The molecule has 1 fully saturated rings. The van der Waals surface area contributed by atoms with E-state index in [1.807, 2.05) is 0 Å². The Kier molecular flexibility index (Phi) is 6.14. The number of aliphatic carboxylic acids is 1. The summed E-state index contributed by atoms with van der Waals surface area (Å²) in [5.74, 6) is -3.11. The third kappa shape index (κ3) is 3.81. The van der Waals surface area contributed by atoms with Gasteiger partial charge in [-0.1, -0.05) is 19.7 Å². The predicted octanol–water partition coefficient (Wildman–Crippen LogP) is -0.332. The number of carboxylic acid groups (broad SMARTS) is 1. The van der Waals surface area contributed by atoms with Crippen LogP contribution in [0.15, 0.2) is 38.0 Å². The summed E-state index contributed by atoms with van der Waals surface area (Å²) in [6, 6.07) is 0. The quantitative estimate of drug-likeness (QED) is 0.528. The van der Waals surface area contributed by atoms with Crippen LogP contribution in [0.4, 0.5) is 0 Å². The fourth-order valence-electron chi connectivity index (χ4n) is 2.12. The van der Waals surface area contributed by atoms with E-state index in [0.29, 0.717) is 0 Å². The highest BCUT2D eigenvalue weighted by Crippen LogP contribution is 2.23. The molecule has 0 saturated carbocycles. The van der Waals surface area contributed by atoms with Crippen LogP contribution < -0.4 is 0 Å². The van der Waals surface area contributed by atoms with Crippen molar-refractivity contribution in [3.05, 3.63) is 38.0 Å². The topological polar surface area (TPSA) is 98.2 Å². The SMILES string of the molecule is C=CC(=O)N1CN(C(=O)C=C)C(C(S)C(=O)O)N(C(=O)C=C)C1. The first kappa shape index (κ1) is 18.5. The van der Waals surface area contributed by atoms with E-state index in [2.05, 4.69) is 32.4 Å². The van der Waals surface area contributed by atoms with Crippen molar-refractivity contribution in [1.82, 2.24) is 14.7 Å². The zero-order valence-electron chi connectivity index (χ0n) is 12.3. The van der Waals surface area contributed by atoms with Crippen LogP contribution in [0.3, 0.4) is 0 Å². The monoisotopic (exact) mass is 339 g/mol. The Morgan fingerprint density at radius 2 is 1.35 bits per heavy atom. The zero-order chi connectivity index (χ0) is 17.7. The highest BCUT2D eigenvalue weighted by atomic mass is 32.1. The van der Waals surface area contributed by atoms with Crippen molar-refractivity contribution in [3.63, 3.8) is 0 Å². The van der Waals surface area contributed by atoms with Crippen LogP contribution >= 0.6 is 12.6 Å². The number of hydrogen-bond donors (Lipinski definition) is 2. The maximum absolute atomic E-state index is 12.1. The van der Waals surface area contributed by atoms with Gasteiger partial charge in [-0.3, -0.25) is 29.0 Å². The molecule has 1 unspecified atom stereocenters. The molecule has 1 atom stereocenters. The van der Waals surface area contributed by atoms with Crippen LogP contribution in [0.25, 0.3) is 0 Å². The highest BCUT2D eigenvalue weighted by molar-refractivity contribution is 7.81. The molecule has 0 spiro atoms. The van der Waals surface area contributed by atoms with Crippen LogP contribution in [-0.4, -0.2) is 68.3 Å². The lowest BCUT2D eigenvalue weighted by atomic mass is 10.2. The van der Waals surface area contributed by atoms with Gasteiger partial charge in [-0.2, -0.15) is 12.6 Å². The van der Waals surface area contributed by atoms with Gasteiger partial charge in [0.1, 0.15) is 24.8 Å². The largest absolute Gasteiger partial charge is 0.480 e. The molecular formula is C14H17N3O5S. The molecule has 1 heterocycles. The van der Waals surface area contributed by atoms with E-state index < -0.39 is 35.1 Å². The number of thiol groups is 1. The molecule has 0 aromatic heterocycles. The van der Waals surface area contributed by atoms with Gasteiger partial charge in [0.25, 0.3) is 0 Å². The highest BCUT2D eigenvalue weighted by Gasteiger charge is 2.43. The molecule has 0 bridgehead atoms. The van der Waals surface area contributed by atoms with E-state index in [4.69, 9.17) is 0 Å². The number of rotatable bonds is 5. The predicted molar refractivity (Wildman–Crippen MR) is 85.1 cm³/mol. The summed E-state index contributed by atoms with van der Waals surface area (Å²) >= 11 is 3.98. The van der Waals surface area contributed by atoms with Crippen LogP contribution in [0.5, 0.6) is 0 Å². The molecular weight excluding hydrogens is 322 g/mol. The van der Waals surface area contributed by atoms with E-state index >= 15 is 0 Å². The van der Waals surface area contributed by atoms with Crippen molar-refractivity contribution in [2.24, 2.45) is 0 Å². The first-order chi connectivity index (χ1) is 10.8. The number of amides is 3. The second-order valence-electron chi connectivity index (χ2n) is 4.59. The van der Waals surface area contributed by atoms with Gasteiger partial charge in [0.2, 0.25) is 17.7 Å². The molecule has 0 aromatic rings. The summed E-state index contributed by atoms with van der Waals surface area (Å²) in [4.78, 5) is 50.5. The minimum atomic E-state index is -1.37. The van der Waals surface area contributed by atoms with Crippen molar-refractivity contribution < 1.29 is 24.3 Å². The van der Waals surface area contributed by atoms with E-state index in [1.165, 1.54) is 0 Å². The van der Waals surface area contributed by atoms with Gasteiger partial charge in [0.15, 0.2) is 0 Å². The van der Waals surface area contributed by atoms with Crippen molar-refractivity contribution in [1.29, 1.82) is 0 Å². The molecule has 124 valence electrons. The summed E-state index contributed by atoms with van der Waals surface area (Å²) in [5, 5.41) is 7.83. The number of carbonyl (C=O) groups is 4. The van der Waals surface area contributed by atoms with Gasteiger partial charge < -0.3 is 10.0 Å². The van der Waals surface area contributed by atoms with Crippen LogP contribution in [-0.2, 0) is 19.2 Å². The number of carboxylic acids is 1. The first-order valence-electron chi connectivity index (χ1n) is 6.46. The Morgan fingerprint density at radius 3 is 1.65 bits per heavy atom. The van der Waals surface area contributed by atoms with Gasteiger partial charge >= 0.3 is 5.97 Å². The van der Waals surface area contributed by atoms with E-state index in [1.54, 1.807) is 0 Å². The Balaban J connectivity index is 3.35. The number of hydrogen-bond acceptors (Lipinski definition) is 5. The zero-order valence-corrected chi connectivity index (χ0v) is 13.2. The fraction of sp³-hybridized carbons (Fsp3) is 0.286. The van der Waals surface area contributed by atoms with Crippen LogP contribution in [0.2, 0.25) is 0 Å². The Morgan fingerprint density at radius 1 is 0.957 bits per heavy atom. The number of carbonyl (C=O) groups excluding carboxylic acids is 3. The summed E-state index contributed by atoms with van der Waals surface area (Å²) in [7, 11) is 0. The van der Waals surface area contributed by atoms with Gasteiger partial charge in [-0.25, -0.2) is 0 Å². The van der Waals surface area contributed by atoms with Crippen molar-refractivity contribution in [3.8, 4) is 0 Å². The van der Waals surface area contributed by atoms with E-state index in [9.17, 15) is 24.3 Å². The third-order valence-corrected chi connectivity index (χ3v) is 3.71. The van der Waals surface area contributed by atoms with Crippen molar-refractivity contribution in [2.75, 3.05) is 13.3 Å². The molecule has 9 heteroatoms. The lowest BCUT2D eigenvalue weighted by molar-refractivity contribution is -0.164. The Bertz CT molecular complexity index is 547. The maximum Gasteiger partial charge on any atom is 0.320 e. The first-order valence-corrected chi connectivity index (χ1v) is 6.98. The molecule has 0 radical (unpaired) electrons.